The minimum absolute atomic E-state index is 0.314. The van der Waals surface area contributed by atoms with Gasteiger partial charge in [0.2, 0.25) is 0 Å². The van der Waals surface area contributed by atoms with E-state index in [4.69, 9.17) is 9.15 Å². The molecule has 0 amide bonds. The van der Waals surface area contributed by atoms with Gasteiger partial charge in [-0.05, 0) is 32.9 Å². The smallest absolute Gasteiger partial charge is 0.341 e. The molecule has 1 aromatic heterocycles. The molecule has 0 atom stereocenters. The van der Waals surface area contributed by atoms with E-state index in [2.05, 4.69) is 4.74 Å². The second-order valence-corrected chi connectivity index (χ2v) is 3.66. The highest BCUT2D eigenvalue weighted by Gasteiger charge is 2.15. The lowest BCUT2D eigenvalue weighted by atomic mass is 10.2. The highest BCUT2D eigenvalue weighted by atomic mass is 16.5. The van der Waals surface area contributed by atoms with E-state index in [1.807, 2.05) is 0 Å². The van der Waals surface area contributed by atoms with Crippen molar-refractivity contribution in [3.05, 3.63) is 28.7 Å². The van der Waals surface area contributed by atoms with Crippen LogP contribution in [0.1, 0.15) is 35.7 Å². The predicted molar refractivity (Wildman–Crippen MR) is 65.1 cm³/mol. The number of hydrogen-bond donors (Lipinski definition) is 0. The maximum Gasteiger partial charge on any atom is 0.341 e. The number of carbonyl (C=O) groups excluding carboxylic acids is 2. The van der Waals surface area contributed by atoms with Crippen molar-refractivity contribution >= 4 is 18.0 Å². The van der Waals surface area contributed by atoms with Gasteiger partial charge in [0, 0.05) is 5.57 Å². The number of carbonyl (C=O) groups is 2. The molecule has 5 heteroatoms. The molecule has 0 unspecified atom stereocenters. The van der Waals surface area contributed by atoms with Gasteiger partial charge in [-0.25, -0.2) is 9.59 Å². The molecule has 0 saturated heterocycles. The van der Waals surface area contributed by atoms with Gasteiger partial charge in [-0.15, -0.1) is 0 Å². The monoisotopic (exact) mass is 252 g/mol. The fourth-order valence-corrected chi connectivity index (χ4v) is 1.41. The van der Waals surface area contributed by atoms with Crippen LogP contribution in [0.2, 0.25) is 0 Å². The van der Waals surface area contributed by atoms with Crippen molar-refractivity contribution in [3.8, 4) is 0 Å². The molecule has 0 aromatic carbocycles. The fraction of sp³-hybridized carbons (Fsp3) is 0.385. The molecule has 0 fully saturated rings. The first-order valence-corrected chi connectivity index (χ1v) is 5.53. The lowest BCUT2D eigenvalue weighted by molar-refractivity contribution is -0.138. The zero-order chi connectivity index (χ0) is 13.7. The molecular weight excluding hydrogens is 236 g/mol. The standard InChI is InChI=1S/C13H16O5/c1-5-17-12(14)8(2)6-10-7-11(9(3)18-10)13(15)16-4/h6-7H,5H2,1-4H3. The SMILES string of the molecule is CCOC(=O)C(C)=Cc1cc(C(=O)OC)c(C)o1. The first-order chi connectivity index (χ1) is 8.49. The predicted octanol–water partition coefficient (Wildman–Crippen LogP) is 2.34. The quantitative estimate of drug-likeness (QED) is 0.607. The molecule has 1 heterocycles. The molecular formula is C13H16O5. The number of ether oxygens (including phenoxy) is 2. The van der Waals surface area contributed by atoms with Crippen molar-refractivity contribution in [3.63, 3.8) is 0 Å². The molecule has 0 aliphatic carbocycles. The van der Waals surface area contributed by atoms with E-state index in [0.717, 1.165) is 0 Å². The van der Waals surface area contributed by atoms with Gasteiger partial charge < -0.3 is 13.9 Å². The summed E-state index contributed by atoms with van der Waals surface area (Å²) in [7, 11) is 1.30. The summed E-state index contributed by atoms with van der Waals surface area (Å²) >= 11 is 0. The molecule has 0 aliphatic rings. The fourth-order valence-electron chi connectivity index (χ4n) is 1.41. The Bertz CT molecular complexity index is 482. The minimum Gasteiger partial charge on any atom is -0.465 e. The highest BCUT2D eigenvalue weighted by Crippen LogP contribution is 2.18. The molecule has 18 heavy (non-hydrogen) atoms. The van der Waals surface area contributed by atoms with Crippen LogP contribution in [-0.4, -0.2) is 25.7 Å². The van der Waals surface area contributed by atoms with E-state index in [-0.39, 0.29) is 0 Å². The van der Waals surface area contributed by atoms with Crippen LogP contribution >= 0.6 is 0 Å². The summed E-state index contributed by atoms with van der Waals surface area (Å²) in [5.41, 5.74) is 0.752. The zero-order valence-electron chi connectivity index (χ0n) is 10.9. The molecule has 98 valence electrons. The van der Waals surface area contributed by atoms with Gasteiger partial charge in [-0.1, -0.05) is 0 Å². The van der Waals surface area contributed by atoms with Crippen molar-refractivity contribution in [2.24, 2.45) is 0 Å². The Hall–Kier alpha value is -2.04. The van der Waals surface area contributed by atoms with Crippen LogP contribution in [0.4, 0.5) is 0 Å². The molecule has 1 rings (SSSR count). The highest BCUT2D eigenvalue weighted by molar-refractivity contribution is 5.94. The van der Waals surface area contributed by atoms with Crippen molar-refractivity contribution in [1.29, 1.82) is 0 Å². The van der Waals surface area contributed by atoms with Crippen molar-refractivity contribution < 1.29 is 23.5 Å². The van der Waals surface area contributed by atoms with E-state index in [1.54, 1.807) is 20.8 Å². The third-order valence-corrected chi connectivity index (χ3v) is 2.30. The van der Waals surface area contributed by atoms with Crippen LogP contribution in [0.3, 0.4) is 0 Å². The lowest BCUT2D eigenvalue weighted by Crippen LogP contribution is -2.04. The minimum atomic E-state index is -0.468. The third kappa shape index (κ3) is 3.23. The second kappa shape index (κ2) is 6.05. The summed E-state index contributed by atoms with van der Waals surface area (Å²) in [6.45, 7) is 5.32. The van der Waals surface area contributed by atoms with Gasteiger partial charge in [0.25, 0.3) is 0 Å². The van der Waals surface area contributed by atoms with Crippen molar-refractivity contribution in [2.75, 3.05) is 13.7 Å². The Kier molecular flexibility index (Phi) is 4.71. The Morgan fingerprint density at radius 2 is 2.11 bits per heavy atom. The molecule has 0 aliphatic heterocycles. The normalized spacial score (nSPS) is 11.2. The summed E-state index contributed by atoms with van der Waals surface area (Å²) in [5, 5.41) is 0. The van der Waals surface area contributed by atoms with Gasteiger partial charge in [-0.2, -0.15) is 0 Å². The van der Waals surface area contributed by atoms with Crippen molar-refractivity contribution in [1.82, 2.24) is 0 Å². The van der Waals surface area contributed by atoms with Gasteiger partial charge in [-0.3, -0.25) is 0 Å². The van der Waals surface area contributed by atoms with Crippen LogP contribution in [0, 0.1) is 6.92 Å². The van der Waals surface area contributed by atoms with Crippen LogP contribution in [0.5, 0.6) is 0 Å². The maximum absolute atomic E-state index is 11.4. The summed E-state index contributed by atoms with van der Waals surface area (Å²) in [6, 6.07) is 1.53. The van der Waals surface area contributed by atoms with E-state index in [0.29, 0.717) is 29.3 Å². The summed E-state index contributed by atoms with van der Waals surface area (Å²) < 4.78 is 14.8. The molecule has 0 radical (unpaired) electrons. The number of esters is 2. The van der Waals surface area contributed by atoms with Gasteiger partial charge in [0.05, 0.1) is 13.7 Å². The molecule has 5 nitrogen and oxygen atoms in total. The lowest BCUT2D eigenvalue weighted by Gasteiger charge is -1.99. The van der Waals surface area contributed by atoms with E-state index < -0.39 is 11.9 Å². The second-order valence-electron chi connectivity index (χ2n) is 3.66. The number of rotatable bonds is 4. The van der Waals surface area contributed by atoms with Gasteiger partial charge >= 0.3 is 11.9 Å². The van der Waals surface area contributed by atoms with Crippen molar-refractivity contribution in [2.45, 2.75) is 20.8 Å². The zero-order valence-corrected chi connectivity index (χ0v) is 10.9. The first kappa shape index (κ1) is 14.0. The molecule has 1 aromatic rings. The maximum atomic E-state index is 11.4. The first-order valence-electron chi connectivity index (χ1n) is 5.53. The summed E-state index contributed by atoms with van der Waals surface area (Å²) in [6.07, 6.45) is 1.53. The molecule has 0 bridgehead atoms. The molecule has 0 spiro atoms. The van der Waals surface area contributed by atoms with Gasteiger partial charge in [0.1, 0.15) is 17.1 Å². The molecule has 0 saturated carbocycles. The van der Waals surface area contributed by atoms with Crippen LogP contribution < -0.4 is 0 Å². The van der Waals surface area contributed by atoms with E-state index in [1.165, 1.54) is 19.3 Å². The Morgan fingerprint density at radius 3 is 2.67 bits per heavy atom. The number of hydrogen-bond acceptors (Lipinski definition) is 5. The Morgan fingerprint density at radius 1 is 1.44 bits per heavy atom. The topological polar surface area (TPSA) is 65.7 Å². The van der Waals surface area contributed by atoms with E-state index >= 15 is 0 Å². The van der Waals surface area contributed by atoms with E-state index in [9.17, 15) is 9.59 Å². The van der Waals surface area contributed by atoms with Crippen LogP contribution in [0.15, 0.2) is 16.1 Å². The third-order valence-electron chi connectivity index (χ3n) is 2.30. The largest absolute Gasteiger partial charge is 0.465 e. The summed E-state index contributed by atoms with van der Waals surface area (Å²) in [4.78, 5) is 22.8. The molecule has 0 N–H and O–H groups in total. The number of aryl methyl sites for hydroxylation is 1. The van der Waals surface area contributed by atoms with Crippen LogP contribution in [0.25, 0.3) is 6.08 Å². The summed E-state index contributed by atoms with van der Waals surface area (Å²) in [5.74, 6) is -0.0147. The van der Waals surface area contributed by atoms with Crippen LogP contribution in [-0.2, 0) is 14.3 Å². The Balaban J connectivity index is 2.95. The number of methoxy groups -OCH3 is 1. The average molecular weight is 252 g/mol. The average Bonchev–Trinajstić information content (AvgIpc) is 2.69. The van der Waals surface area contributed by atoms with Gasteiger partial charge in [0.15, 0.2) is 0 Å². The number of furan rings is 1. The Labute approximate surface area is 105 Å².